The molecule has 126 valence electrons. The number of amidine groups is 1. The number of anilines is 1. The minimum absolute atomic E-state index is 0.249. The maximum atomic E-state index is 11.6. The molecule has 8 heteroatoms. The Morgan fingerprint density at radius 3 is 2.28 bits per heavy atom. The first kappa shape index (κ1) is 15.2. The fraction of sp³-hybridized carbons (Fsp3) is 0.118. The number of rotatable bonds is 3. The number of furan rings is 2. The van der Waals surface area contributed by atoms with Crippen LogP contribution < -0.4 is 10.3 Å². The third kappa shape index (κ3) is 2.79. The van der Waals surface area contributed by atoms with Crippen molar-refractivity contribution in [3.63, 3.8) is 0 Å². The molecular formula is C17H14N4O4. The van der Waals surface area contributed by atoms with Gasteiger partial charge < -0.3 is 18.9 Å². The highest BCUT2D eigenvalue weighted by atomic mass is 16.6. The Bertz CT molecular complexity index is 875. The Hall–Kier alpha value is -3.39. The van der Waals surface area contributed by atoms with E-state index in [-0.39, 0.29) is 5.84 Å². The highest BCUT2D eigenvalue weighted by Gasteiger charge is 2.43. The van der Waals surface area contributed by atoms with Gasteiger partial charge in [-0.05, 0) is 41.3 Å². The molecule has 3 heterocycles. The van der Waals surface area contributed by atoms with Crippen molar-refractivity contribution in [1.29, 1.82) is 0 Å². The van der Waals surface area contributed by atoms with Gasteiger partial charge >= 0.3 is 5.84 Å². The third-order valence-corrected chi connectivity index (χ3v) is 3.89. The maximum absolute atomic E-state index is 11.6. The highest BCUT2D eigenvalue weighted by molar-refractivity contribution is 5.83. The van der Waals surface area contributed by atoms with E-state index < -0.39 is 17.1 Å². The van der Waals surface area contributed by atoms with Crippen LogP contribution in [0.2, 0.25) is 0 Å². The molecule has 4 rings (SSSR count). The van der Waals surface area contributed by atoms with Crippen molar-refractivity contribution in [2.75, 3.05) is 5.01 Å². The van der Waals surface area contributed by atoms with E-state index in [9.17, 15) is 10.1 Å². The number of benzene rings is 1. The van der Waals surface area contributed by atoms with Crippen molar-refractivity contribution in [3.8, 4) is 0 Å². The average molecular weight is 338 g/mol. The molecule has 8 nitrogen and oxygen atoms in total. The molecule has 0 aliphatic carbocycles. The van der Waals surface area contributed by atoms with E-state index in [0.717, 1.165) is 0 Å². The van der Waals surface area contributed by atoms with Crippen molar-refractivity contribution in [3.05, 3.63) is 88.8 Å². The van der Waals surface area contributed by atoms with Gasteiger partial charge in [-0.3, -0.25) is 5.32 Å². The standard InChI is InChI=1S/C17H14N4O4/c22-21(23)17-15(13-8-4-10-24-13)18-16(14-9-5-11-25-14)20(19-17)12-6-2-1-3-7-12/h1-11,15-16,18H/t15-,16+/m0/s1. The lowest BCUT2D eigenvalue weighted by Gasteiger charge is -2.30. The van der Waals surface area contributed by atoms with Crippen molar-refractivity contribution >= 4 is 11.5 Å². The Morgan fingerprint density at radius 1 is 1.00 bits per heavy atom. The number of nitrogens with zero attached hydrogens (tertiary/aromatic N) is 3. The van der Waals surface area contributed by atoms with E-state index in [4.69, 9.17) is 8.83 Å². The largest absolute Gasteiger partial charge is 0.467 e. The molecule has 3 aromatic rings. The van der Waals surface area contributed by atoms with E-state index in [1.165, 1.54) is 11.3 Å². The SMILES string of the molecule is O=[N+]([O-])C1=NN(c2ccccc2)[C@H](c2ccco2)N[C@H]1c1ccco1. The molecule has 1 aromatic carbocycles. The summed E-state index contributed by atoms with van der Waals surface area (Å²) in [5, 5.41) is 20.6. The van der Waals surface area contributed by atoms with E-state index in [0.29, 0.717) is 17.2 Å². The van der Waals surface area contributed by atoms with Gasteiger partial charge in [0.15, 0.2) is 12.2 Å². The molecule has 0 saturated heterocycles. The summed E-state index contributed by atoms with van der Waals surface area (Å²) < 4.78 is 10.9. The molecule has 0 bridgehead atoms. The molecule has 0 amide bonds. The first-order valence-electron chi connectivity index (χ1n) is 7.64. The van der Waals surface area contributed by atoms with Crippen LogP contribution in [0, 0.1) is 10.1 Å². The van der Waals surface area contributed by atoms with Gasteiger partial charge in [-0.25, -0.2) is 0 Å². The summed E-state index contributed by atoms with van der Waals surface area (Å²) in [5.41, 5.74) is 0.702. The molecule has 0 fully saturated rings. The number of para-hydroxylation sites is 1. The summed E-state index contributed by atoms with van der Waals surface area (Å²) in [7, 11) is 0. The van der Waals surface area contributed by atoms with Crippen molar-refractivity contribution in [2.45, 2.75) is 12.2 Å². The van der Waals surface area contributed by atoms with Gasteiger partial charge in [0.25, 0.3) is 0 Å². The molecular weight excluding hydrogens is 324 g/mol. The summed E-state index contributed by atoms with van der Waals surface area (Å²) in [6.45, 7) is 0. The summed E-state index contributed by atoms with van der Waals surface area (Å²) in [4.78, 5) is 11.1. The summed E-state index contributed by atoms with van der Waals surface area (Å²) in [5.74, 6) is 0.757. The molecule has 0 radical (unpaired) electrons. The quantitative estimate of drug-likeness (QED) is 0.581. The van der Waals surface area contributed by atoms with Gasteiger partial charge in [0.1, 0.15) is 11.5 Å². The molecule has 2 atom stereocenters. The Morgan fingerprint density at radius 2 is 1.68 bits per heavy atom. The molecule has 1 aliphatic rings. The van der Waals surface area contributed by atoms with Crippen molar-refractivity contribution in [1.82, 2.24) is 5.32 Å². The second-order valence-electron chi connectivity index (χ2n) is 5.43. The molecule has 2 aromatic heterocycles. The van der Waals surface area contributed by atoms with Gasteiger partial charge in [-0.1, -0.05) is 18.2 Å². The average Bonchev–Trinajstić information content (AvgIpc) is 3.35. The van der Waals surface area contributed by atoms with Crippen LogP contribution in [-0.2, 0) is 0 Å². The zero-order valence-corrected chi connectivity index (χ0v) is 13.0. The normalized spacial score (nSPS) is 20.3. The van der Waals surface area contributed by atoms with Crippen LogP contribution in [0.15, 0.2) is 81.1 Å². The Balaban J connectivity index is 1.83. The monoisotopic (exact) mass is 338 g/mol. The molecule has 1 aliphatic heterocycles. The number of hydrogen-bond donors (Lipinski definition) is 1. The summed E-state index contributed by atoms with van der Waals surface area (Å²) in [6, 6.07) is 15.3. The highest BCUT2D eigenvalue weighted by Crippen LogP contribution is 2.33. The van der Waals surface area contributed by atoms with Crippen LogP contribution in [0.25, 0.3) is 0 Å². The molecule has 25 heavy (non-hydrogen) atoms. The van der Waals surface area contributed by atoms with Gasteiger partial charge in [-0.2, -0.15) is 0 Å². The second-order valence-corrected chi connectivity index (χ2v) is 5.43. The Kier molecular flexibility index (Phi) is 3.79. The van der Waals surface area contributed by atoms with Crippen LogP contribution in [-0.4, -0.2) is 10.8 Å². The summed E-state index contributed by atoms with van der Waals surface area (Å²) >= 11 is 0. The van der Waals surface area contributed by atoms with Crippen LogP contribution in [0.1, 0.15) is 23.7 Å². The van der Waals surface area contributed by atoms with Gasteiger partial charge in [0, 0.05) is 0 Å². The van der Waals surface area contributed by atoms with E-state index >= 15 is 0 Å². The Labute approximate surface area is 142 Å². The minimum atomic E-state index is -0.792. The molecule has 0 saturated carbocycles. The topological polar surface area (TPSA) is 97.0 Å². The third-order valence-electron chi connectivity index (χ3n) is 3.89. The second kappa shape index (κ2) is 6.25. The van der Waals surface area contributed by atoms with Crippen molar-refractivity contribution in [2.24, 2.45) is 5.10 Å². The predicted octanol–water partition coefficient (Wildman–Crippen LogP) is 3.31. The van der Waals surface area contributed by atoms with E-state index in [1.807, 2.05) is 30.3 Å². The minimum Gasteiger partial charge on any atom is -0.467 e. The van der Waals surface area contributed by atoms with E-state index in [1.54, 1.807) is 30.5 Å². The van der Waals surface area contributed by atoms with Gasteiger partial charge in [-0.15, -0.1) is 5.01 Å². The number of hydrogen-bond acceptors (Lipinski definition) is 7. The molecule has 0 unspecified atom stereocenters. The maximum Gasteiger partial charge on any atom is 0.389 e. The van der Waals surface area contributed by atoms with Crippen LogP contribution >= 0.6 is 0 Å². The van der Waals surface area contributed by atoms with Crippen LogP contribution in [0.3, 0.4) is 0 Å². The smallest absolute Gasteiger partial charge is 0.389 e. The van der Waals surface area contributed by atoms with Gasteiger partial charge in [0.05, 0.1) is 23.3 Å². The zero-order chi connectivity index (χ0) is 17.2. The molecule has 0 spiro atoms. The fourth-order valence-electron chi connectivity index (χ4n) is 2.77. The van der Waals surface area contributed by atoms with Crippen LogP contribution in [0.4, 0.5) is 5.69 Å². The molecule has 1 N–H and O–H groups in total. The summed E-state index contributed by atoms with van der Waals surface area (Å²) in [6.07, 6.45) is 2.51. The van der Waals surface area contributed by atoms with E-state index in [2.05, 4.69) is 10.4 Å². The van der Waals surface area contributed by atoms with Gasteiger partial charge in [0.2, 0.25) is 0 Å². The number of hydrazone groups is 1. The van der Waals surface area contributed by atoms with Crippen LogP contribution in [0.5, 0.6) is 0 Å². The first-order chi connectivity index (χ1) is 12.2. The number of nitro groups is 1. The fourth-order valence-corrected chi connectivity index (χ4v) is 2.77. The lowest BCUT2D eigenvalue weighted by Crippen LogP contribution is -2.47. The van der Waals surface area contributed by atoms with Crippen molar-refractivity contribution < 1.29 is 13.8 Å². The zero-order valence-electron chi connectivity index (χ0n) is 13.0. The number of nitrogens with one attached hydrogen (secondary N) is 1. The lowest BCUT2D eigenvalue weighted by atomic mass is 10.1. The first-order valence-corrected chi connectivity index (χ1v) is 7.64. The lowest BCUT2D eigenvalue weighted by molar-refractivity contribution is -0.356. The predicted molar refractivity (Wildman–Crippen MR) is 89.4 cm³/mol.